The maximum absolute atomic E-state index is 12.0. The SMILES string of the molecule is NCCN1CCN(c2cccc(Cl)c2)C(=O)C1. The number of benzene rings is 1. The van der Waals surface area contributed by atoms with E-state index >= 15 is 0 Å². The first-order valence-electron chi connectivity index (χ1n) is 5.69. The number of nitrogens with zero attached hydrogens (tertiary/aromatic N) is 2. The van der Waals surface area contributed by atoms with E-state index in [0.29, 0.717) is 24.7 Å². The molecule has 0 aliphatic carbocycles. The van der Waals surface area contributed by atoms with Gasteiger partial charge in [0, 0.05) is 36.9 Å². The van der Waals surface area contributed by atoms with Gasteiger partial charge in [-0.2, -0.15) is 0 Å². The van der Waals surface area contributed by atoms with Crippen molar-refractivity contribution in [1.29, 1.82) is 0 Å². The summed E-state index contributed by atoms with van der Waals surface area (Å²) < 4.78 is 0. The number of hydrogen-bond donors (Lipinski definition) is 1. The molecule has 4 nitrogen and oxygen atoms in total. The maximum atomic E-state index is 12.0. The van der Waals surface area contributed by atoms with Crippen LogP contribution in [0.3, 0.4) is 0 Å². The quantitative estimate of drug-likeness (QED) is 0.873. The van der Waals surface area contributed by atoms with Crippen molar-refractivity contribution >= 4 is 23.2 Å². The number of piperazine rings is 1. The van der Waals surface area contributed by atoms with Gasteiger partial charge in [-0.3, -0.25) is 9.69 Å². The van der Waals surface area contributed by atoms with Gasteiger partial charge in [-0.1, -0.05) is 17.7 Å². The van der Waals surface area contributed by atoms with Crippen LogP contribution in [0.25, 0.3) is 0 Å². The molecule has 5 heteroatoms. The summed E-state index contributed by atoms with van der Waals surface area (Å²) in [4.78, 5) is 15.8. The van der Waals surface area contributed by atoms with Crippen LogP contribution in [0.15, 0.2) is 24.3 Å². The smallest absolute Gasteiger partial charge is 0.241 e. The third kappa shape index (κ3) is 2.97. The Hall–Kier alpha value is -1.10. The molecule has 1 aliphatic heterocycles. The number of carbonyl (C=O) groups is 1. The first-order valence-corrected chi connectivity index (χ1v) is 6.07. The first kappa shape index (κ1) is 12.4. The summed E-state index contributed by atoms with van der Waals surface area (Å²) in [7, 11) is 0. The fourth-order valence-corrected chi connectivity index (χ4v) is 2.20. The topological polar surface area (TPSA) is 49.6 Å². The highest BCUT2D eigenvalue weighted by Gasteiger charge is 2.24. The zero-order chi connectivity index (χ0) is 12.3. The third-order valence-electron chi connectivity index (χ3n) is 2.86. The fourth-order valence-electron chi connectivity index (χ4n) is 2.01. The molecule has 0 saturated carbocycles. The first-order chi connectivity index (χ1) is 8.20. The Labute approximate surface area is 106 Å². The van der Waals surface area contributed by atoms with E-state index in [4.69, 9.17) is 17.3 Å². The molecular formula is C12H16ClN3O. The molecule has 0 spiro atoms. The lowest BCUT2D eigenvalue weighted by Gasteiger charge is -2.34. The van der Waals surface area contributed by atoms with Crippen molar-refractivity contribution in [3.8, 4) is 0 Å². The summed E-state index contributed by atoms with van der Waals surface area (Å²) in [6.07, 6.45) is 0. The second kappa shape index (κ2) is 5.49. The Bertz CT molecular complexity index is 410. The minimum Gasteiger partial charge on any atom is -0.329 e. The molecule has 1 saturated heterocycles. The van der Waals surface area contributed by atoms with Crippen LogP contribution < -0.4 is 10.6 Å². The van der Waals surface area contributed by atoms with Crippen LogP contribution >= 0.6 is 11.6 Å². The summed E-state index contributed by atoms with van der Waals surface area (Å²) in [5.41, 5.74) is 6.36. The molecule has 0 atom stereocenters. The van der Waals surface area contributed by atoms with Gasteiger partial charge >= 0.3 is 0 Å². The molecule has 17 heavy (non-hydrogen) atoms. The van der Waals surface area contributed by atoms with Crippen molar-refractivity contribution in [1.82, 2.24) is 4.90 Å². The number of halogens is 1. The highest BCUT2D eigenvalue weighted by atomic mass is 35.5. The predicted octanol–water partition coefficient (Wildman–Crippen LogP) is 0.947. The molecule has 0 radical (unpaired) electrons. The van der Waals surface area contributed by atoms with Crippen molar-refractivity contribution in [2.75, 3.05) is 37.6 Å². The Morgan fingerprint density at radius 1 is 1.35 bits per heavy atom. The Kier molecular flexibility index (Phi) is 3.99. The Morgan fingerprint density at radius 2 is 2.18 bits per heavy atom. The van der Waals surface area contributed by atoms with E-state index in [1.165, 1.54) is 0 Å². The molecule has 1 aromatic rings. The van der Waals surface area contributed by atoms with Gasteiger partial charge in [0.2, 0.25) is 5.91 Å². The number of rotatable bonds is 3. The van der Waals surface area contributed by atoms with E-state index in [9.17, 15) is 4.79 Å². The fraction of sp³-hybridized carbons (Fsp3) is 0.417. The minimum atomic E-state index is 0.104. The molecule has 92 valence electrons. The van der Waals surface area contributed by atoms with E-state index < -0.39 is 0 Å². The number of nitrogens with two attached hydrogens (primary N) is 1. The summed E-state index contributed by atoms with van der Waals surface area (Å²) >= 11 is 5.93. The molecule has 0 bridgehead atoms. The van der Waals surface area contributed by atoms with Gasteiger partial charge in [0.05, 0.1) is 6.54 Å². The third-order valence-corrected chi connectivity index (χ3v) is 3.10. The van der Waals surface area contributed by atoms with Crippen LogP contribution in [0.2, 0.25) is 5.02 Å². The van der Waals surface area contributed by atoms with Crippen molar-refractivity contribution in [3.05, 3.63) is 29.3 Å². The maximum Gasteiger partial charge on any atom is 0.241 e. The Balaban J connectivity index is 2.07. The molecule has 1 aromatic carbocycles. The molecular weight excluding hydrogens is 238 g/mol. The lowest BCUT2D eigenvalue weighted by Crippen LogP contribution is -2.51. The van der Waals surface area contributed by atoms with Crippen LogP contribution in [0.4, 0.5) is 5.69 Å². The molecule has 1 fully saturated rings. The van der Waals surface area contributed by atoms with Crippen molar-refractivity contribution < 1.29 is 4.79 Å². The molecule has 2 rings (SSSR count). The van der Waals surface area contributed by atoms with Crippen LogP contribution in [0, 0.1) is 0 Å². The lowest BCUT2D eigenvalue weighted by atomic mass is 10.2. The second-order valence-corrected chi connectivity index (χ2v) is 4.53. The normalized spacial score (nSPS) is 17.5. The monoisotopic (exact) mass is 253 g/mol. The highest BCUT2D eigenvalue weighted by Crippen LogP contribution is 2.21. The summed E-state index contributed by atoms with van der Waals surface area (Å²) in [5, 5.41) is 0.652. The van der Waals surface area contributed by atoms with Gasteiger partial charge in [0.1, 0.15) is 0 Å². The molecule has 0 aromatic heterocycles. The van der Waals surface area contributed by atoms with E-state index in [2.05, 4.69) is 4.90 Å². The summed E-state index contributed by atoms with van der Waals surface area (Å²) in [6, 6.07) is 7.39. The Morgan fingerprint density at radius 3 is 2.82 bits per heavy atom. The number of amides is 1. The van der Waals surface area contributed by atoms with Gasteiger partial charge in [-0.05, 0) is 18.2 Å². The zero-order valence-corrected chi connectivity index (χ0v) is 10.4. The lowest BCUT2D eigenvalue weighted by molar-refractivity contribution is -0.121. The number of carbonyl (C=O) groups excluding carboxylic acids is 1. The molecule has 2 N–H and O–H groups in total. The standard InChI is InChI=1S/C12H16ClN3O/c13-10-2-1-3-11(8-10)16-7-6-15(5-4-14)9-12(16)17/h1-3,8H,4-7,9,14H2. The summed E-state index contributed by atoms with van der Waals surface area (Å²) in [5.74, 6) is 0.104. The number of anilines is 1. The van der Waals surface area contributed by atoms with Gasteiger partial charge in [-0.25, -0.2) is 0 Å². The molecule has 1 amide bonds. The molecule has 1 aliphatic rings. The van der Waals surface area contributed by atoms with Gasteiger partial charge < -0.3 is 10.6 Å². The molecule has 0 unspecified atom stereocenters. The van der Waals surface area contributed by atoms with Crippen molar-refractivity contribution in [3.63, 3.8) is 0 Å². The largest absolute Gasteiger partial charge is 0.329 e. The van der Waals surface area contributed by atoms with Crippen molar-refractivity contribution in [2.45, 2.75) is 0 Å². The number of hydrogen-bond acceptors (Lipinski definition) is 3. The van der Waals surface area contributed by atoms with Crippen LogP contribution in [0.1, 0.15) is 0 Å². The van der Waals surface area contributed by atoms with Gasteiger partial charge in [0.15, 0.2) is 0 Å². The summed E-state index contributed by atoms with van der Waals surface area (Å²) in [6.45, 7) is 3.35. The van der Waals surface area contributed by atoms with Crippen molar-refractivity contribution in [2.24, 2.45) is 5.73 Å². The van der Waals surface area contributed by atoms with E-state index in [0.717, 1.165) is 18.8 Å². The highest BCUT2D eigenvalue weighted by molar-refractivity contribution is 6.30. The average molecular weight is 254 g/mol. The molecule has 1 heterocycles. The van der Waals surface area contributed by atoms with E-state index in [1.54, 1.807) is 11.0 Å². The predicted molar refractivity (Wildman–Crippen MR) is 69.3 cm³/mol. The van der Waals surface area contributed by atoms with E-state index in [-0.39, 0.29) is 5.91 Å². The minimum absolute atomic E-state index is 0.104. The van der Waals surface area contributed by atoms with Gasteiger partial charge in [0.25, 0.3) is 0 Å². The average Bonchev–Trinajstić information content (AvgIpc) is 2.29. The van der Waals surface area contributed by atoms with Crippen LogP contribution in [-0.4, -0.2) is 43.5 Å². The van der Waals surface area contributed by atoms with E-state index in [1.807, 2.05) is 18.2 Å². The second-order valence-electron chi connectivity index (χ2n) is 4.09. The zero-order valence-electron chi connectivity index (χ0n) is 9.60. The van der Waals surface area contributed by atoms with Crippen LogP contribution in [-0.2, 0) is 4.79 Å². The van der Waals surface area contributed by atoms with Crippen LogP contribution in [0.5, 0.6) is 0 Å². The van der Waals surface area contributed by atoms with Gasteiger partial charge in [-0.15, -0.1) is 0 Å².